The highest BCUT2D eigenvalue weighted by molar-refractivity contribution is 7.10. The molecule has 0 radical (unpaired) electrons. The van der Waals surface area contributed by atoms with Gasteiger partial charge in [-0.25, -0.2) is 0 Å². The van der Waals surface area contributed by atoms with E-state index in [4.69, 9.17) is 0 Å². The molecule has 2 aromatic heterocycles. The van der Waals surface area contributed by atoms with Gasteiger partial charge in [0.05, 0.1) is 6.04 Å². The summed E-state index contributed by atoms with van der Waals surface area (Å²) in [4.78, 5) is 16.5. The normalized spacial score (nSPS) is 12.5. The minimum absolute atomic E-state index is 0.0341. The highest BCUT2D eigenvalue weighted by Crippen LogP contribution is 2.19. The van der Waals surface area contributed by atoms with Crippen molar-refractivity contribution >= 4 is 28.1 Å². The van der Waals surface area contributed by atoms with E-state index in [2.05, 4.69) is 10.3 Å². The van der Waals surface area contributed by atoms with Crippen LogP contribution in [0.25, 0.3) is 10.9 Å². The van der Waals surface area contributed by atoms with Crippen molar-refractivity contribution in [2.45, 2.75) is 13.0 Å². The lowest BCUT2D eigenvalue weighted by Crippen LogP contribution is -2.26. The standard InChI is InChI=1S/C15H14N2OS/c1-10(14-3-2-8-19-14)17-15(18)12-5-4-11-6-7-16-13(11)9-12/h2-10,16H,1H3,(H,17,18). The molecule has 1 amide bonds. The van der Waals surface area contributed by atoms with Crippen LogP contribution in [0.1, 0.15) is 28.2 Å². The number of thiophene rings is 1. The van der Waals surface area contributed by atoms with Gasteiger partial charge in [-0.3, -0.25) is 4.79 Å². The zero-order valence-corrected chi connectivity index (χ0v) is 11.3. The molecule has 96 valence electrons. The number of fused-ring (bicyclic) bond motifs is 1. The highest BCUT2D eigenvalue weighted by Gasteiger charge is 2.12. The molecule has 2 N–H and O–H groups in total. The van der Waals surface area contributed by atoms with Crippen LogP contribution in [0.2, 0.25) is 0 Å². The van der Waals surface area contributed by atoms with Crippen molar-refractivity contribution in [2.24, 2.45) is 0 Å². The Hall–Kier alpha value is -2.07. The number of H-pyrrole nitrogens is 1. The summed E-state index contributed by atoms with van der Waals surface area (Å²) in [5.74, 6) is -0.0441. The molecule has 3 nitrogen and oxygen atoms in total. The number of carbonyl (C=O) groups is 1. The van der Waals surface area contributed by atoms with Crippen molar-refractivity contribution in [1.29, 1.82) is 0 Å². The van der Waals surface area contributed by atoms with Crippen molar-refractivity contribution in [1.82, 2.24) is 10.3 Å². The molecule has 3 aromatic rings. The molecule has 0 fully saturated rings. The topological polar surface area (TPSA) is 44.9 Å². The highest BCUT2D eigenvalue weighted by atomic mass is 32.1. The van der Waals surface area contributed by atoms with Crippen LogP contribution in [0.5, 0.6) is 0 Å². The lowest BCUT2D eigenvalue weighted by molar-refractivity contribution is 0.0940. The second-order valence-electron chi connectivity index (χ2n) is 4.49. The molecule has 2 heterocycles. The summed E-state index contributed by atoms with van der Waals surface area (Å²) >= 11 is 1.65. The van der Waals surface area contributed by atoms with Crippen LogP contribution in [-0.2, 0) is 0 Å². The van der Waals surface area contributed by atoms with Crippen molar-refractivity contribution in [3.63, 3.8) is 0 Å². The number of hydrogen-bond acceptors (Lipinski definition) is 2. The molecule has 19 heavy (non-hydrogen) atoms. The van der Waals surface area contributed by atoms with E-state index >= 15 is 0 Å². The molecule has 0 saturated carbocycles. The SMILES string of the molecule is CC(NC(=O)c1ccc2cc[nH]c2c1)c1cccs1. The van der Waals surface area contributed by atoms with E-state index in [1.54, 1.807) is 11.3 Å². The summed E-state index contributed by atoms with van der Waals surface area (Å²) in [5, 5.41) is 6.14. The third-order valence-electron chi connectivity index (χ3n) is 3.13. The van der Waals surface area contributed by atoms with E-state index in [-0.39, 0.29) is 11.9 Å². The predicted octanol–water partition coefficient (Wildman–Crippen LogP) is 3.72. The molecule has 3 rings (SSSR count). The first-order chi connectivity index (χ1) is 9.24. The second-order valence-corrected chi connectivity index (χ2v) is 5.47. The molecule has 0 aliphatic heterocycles. The zero-order valence-electron chi connectivity index (χ0n) is 10.5. The fourth-order valence-corrected chi connectivity index (χ4v) is 2.81. The summed E-state index contributed by atoms with van der Waals surface area (Å²) in [5.41, 5.74) is 1.66. The Balaban J connectivity index is 1.79. The van der Waals surface area contributed by atoms with E-state index < -0.39 is 0 Å². The number of nitrogens with one attached hydrogen (secondary N) is 2. The molecule has 0 aliphatic rings. The third kappa shape index (κ3) is 2.39. The van der Waals surface area contributed by atoms with Gasteiger partial charge in [0.1, 0.15) is 0 Å². The van der Waals surface area contributed by atoms with Gasteiger partial charge in [-0.15, -0.1) is 11.3 Å². The number of aromatic amines is 1. The Morgan fingerprint density at radius 3 is 3.00 bits per heavy atom. The van der Waals surface area contributed by atoms with Crippen LogP contribution < -0.4 is 5.32 Å². The van der Waals surface area contributed by atoms with Crippen molar-refractivity contribution < 1.29 is 4.79 Å². The maximum atomic E-state index is 12.2. The second kappa shape index (κ2) is 4.90. The third-order valence-corrected chi connectivity index (χ3v) is 4.19. The first-order valence-electron chi connectivity index (χ1n) is 6.15. The average Bonchev–Trinajstić information content (AvgIpc) is 3.09. The minimum Gasteiger partial charge on any atom is -0.361 e. The molecule has 0 spiro atoms. The number of benzene rings is 1. The van der Waals surface area contributed by atoms with E-state index in [9.17, 15) is 4.79 Å². The monoisotopic (exact) mass is 270 g/mol. The Kier molecular flexibility index (Phi) is 3.09. The fraction of sp³-hybridized carbons (Fsp3) is 0.133. The van der Waals surface area contributed by atoms with Gasteiger partial charge in [0.15, 0.2) is 0 Å². The number of aromatic nitrogens is 1. The van der Waals surface area contributed by atoms with Gasteiger partial charge in [0.2, 0.25) is 0 Å². The number of carbonyl (C=O) groups excluding carboxylic acids is 1. The summed E-state index contributed by atoms with van der Waals surface area (Å²) < 4.78 is 0. The van der Waals surface area contributed by atoms with Gasteiger partial charge >= 0.3 is 0 Å². The first kappa shape index (κ1) is 12.0. The van der Waals surface area contributed by atoms with Crippen LogP contribution in [0, 0.1) is 0 Å². The quantitative estimate of drug-likeness (QED) is 0.748. The number of amides is 1. The van der Waals surface area contributed by atoms with Crippen LogP contribution in [0.4, 0.5) is 0 Å². The van der Waals surface area contributed by atoms with Gasteiger partial charge in [-0.05, 0) is 42.0 Å². The van der Waals surface area contributed by atoms with Crippen LogP contribution in [-0.4, -0.2) is 10.9 Å². The molecule has 0 aliphatic carbocycles. The number of rotatable bonds is 3. The maximum Gasteiger partial charge on any atom is 0.251 e. The van der Waals surface area contributed by atoms with Crippen molar-refractivity contribution in [2.75, 3.05) is 0 Å². The van der Waals surface area contributed by atoms with E-state index in [0.717, 1.165) is 15.8 Å². The van der Waals surface area contributed by atoms with E-state index in [1.165, 1.54) is 0 Å². The van der Waals surface area contributed by atoms with Crippen LogP contribution in [0.15, 0.2) is 48.0 Å². The minimum atomic E-state index is -0.0441. The average molecular weight is 270 g/mol. The van der Waals surface area contributed by atoms with Gasteiger partial charge in [-0.1, -0.05) is 12.1 Å². The predicted molar refractivity (Wildman–Crippen MR) is 78.5 cm³/mol. The summed E-state index contributed by atoms with van der Waals surface area (Å²) in [7, 11) is 0. The van der Waals surface area contributed by atoms with Crippen LogP contribution >= 0.6 is 11.3 Å². The summed E-state index contributed by atoms with van der Waals surface area (Å²) in [6.45, 7) is 2.00. The van der Waals surface area contributed by atoms with Gasteiger partial charge in [0.25, 0.3) is 5.91 Å². The maximum absolute atomic E-state index is 12.2. The molecule has 0 bridgehead atoms. The van der Waals surface area contributed by atoms with Crippen LogP contribution in [0.3, 0.4) is 0 Å². The smallest absolute Gasteiger partial charge is 0.251 e. The first-order valence-corrected chi connectivity index (χ1v) is 7.03. The Bertz CT molecular complexity index is 700. The lowest BCUT2D eigenvalue weighted by Gasteiger charge is -2.12. The Morgan fingerprint density at radius 2 is 2.21 bits per heavy atom. The molecule has 1 aromatic carbocycles. The van der Waals surface area contributed by atoms with Gasteiger partial charge in [0, 0.05) is 22.2 Å². The fourth-order valence-electron chi connectivity index (χ4n) is 2.08. The molecular weight excluding hydrogens is 256 g/mol. The Morgan fingerprint density at radius 1 is 1.32 bits per heavy atom. The molecule has 1 atom stereocenters. The number of hydrogen-bond donors (Lipinski definition) is 2. The van der Waals surface area contributed by atoms with Crippen molar-refractivity contribution in [3.05, 3.63) is 58.4 Å². The van der Waals surface area contributed by atoms with E-state index in [1.807, 2.05) is 54.9 Å². The van der Waals surface area contributed by atoms with Gasteiger partial charge < -0.3 is 10.3 Å². The molecule has 0 saturated heterocycles. The molecular formula is C15H14N2OS. The summed E-state index contributed by atoms with van der Waals surface area (Å²) in [6.07, 6.45) is 1.88. The molecule has 1 unspecified atom stereocenters. The largest absolute Gasteiger partial charge is 0.361 e. The molecule has 4 heteroatoms. The zero-order chi connectivity index (χ0) is 13.2. The Labute approximate surface area is 115 Å². The van der Waals surface area contributed by atoms with Gasteiger partial charge in [-0.2, -0.15) is 0 Å². The van der Waals surface area contributed by atoms with E-state index in [0.29, 0.717) is 5.56 Å². The lowest BCUT2D eigenvalue weighted by atomic mass is 10.1. The van der Waals surface area contributed by atoms with Crippen molar-refractivity contribution in [3.8, 4) is 0 Å². The summed E-state index contributed by atoms with van der Waals surface area (Å²) in [6, 6.07) is 11.7.